The van der Waals surface area contributed by atoms with Crippen molar-refractivity contribution in [3.63, 3.8) is 0 Å². The second-order valence-electron chi connectivity index (χ2n) is 7.30. The van der Waals surface area contributed by atoms with Gasteiger partial charge < -0.3 is 14.0 Å². The lowest BCUT2D eigenvalue weighted by Crippen LogP contribution is -2.44. The molecule has 6 nitrogen and oxygen atoms in total. The van der Waals surface area contributed by atoms with Crippen LogP contribution in [0.25, 0.3) is 5.69 Å². The lowest BCUT2D eigenvalue weighted by Gasteiger charge is -2.30. The Morgan fingerprint density at radius 1 is 1.07 bits per heavy atom. The number of aryl methyl sites for hydroxylation is 1. The molecule has 0 saturated heterocycles. The topological polar surface area (TPSA) is 60.1 Å². The number of fused-ring (bicyclic) bond motifs is 1. The number of rotatable bonds is 3. The summed E-state index contributed by atoms with van der Waals surface area (Å²) in [5, 5.41) is 0. The van der Waals surface area contributed by atoms with Crippen LogP contribution in [0.2, 0.25) is 0 Å². The van der Waals surface area contributed by atoms with E-state index in [0.29, 0.717) is 11.3 Å². The number of imidazole rings is 1. The Balaban J connectivity index is 1.64. The molecule has 4 rings (SSSR count). The van der Waals surface area contributed by atoms with Crippen LogP contribution in [0.3, 0.4) is 0 Å². The molecule has 0 radical (unpaired) electrons. The van der Waals surface area contributed by atoms with Gasteiger partial charge in [0.05, 0.1) is 17.6 Å². The van der Waals surface area contributed by atoms with Crippen LogP contribution in [0.1, 0.15) is 32.9 Å². The molecule has 3 heterocycles. The van der Waals surface area contributed by atoms with E-state index in [1.165, 1.54) is 28.8 Å². The molecule has 1 aliphatic rings. The summed E-state index contributed by atoms with van der Waals surface area (Å²) in [5.74, 6) is -0.386. The monoisotopic (exact) mass is 416 g/mol. The second kappa shape index (κ2) is 7.16. The lowest BCUT2D eigenvalue weighted by atomic mass is 10.0. The maximum Gasteiger partial charge on any atom is 0.416 e. The molecule has 9 heteroatoms. The maximum absolute atomic E-state index is 13.2. The first-order valence-electron chi connectivity index (χ1n) is 9.36. The highest BCUT2D eigenvalue weighted by atomic mass is 19.4. The molecule has 1 amide bonds. The molecular formula is C21H19F3N4O2. The number of hydrogen-bond acceptors (Lipinski definition) is 3. The molecule has 0 fully saturated rings. The zero-order valence-corrected chi connectivity index (χ0v) is 16.4. The molecule has 0 aliphatic carbocycles. The van der Waals surface area contributed by atoms with Crippen LogP contribution < -0.4 is 5.56 Å². The Morgan fingerprint density at radius 3 is 2.50 bits per heavy atom. The first-order chi connectivity index (χ1) is 14.2. The zero-order chi connectivity index (χ0) is 21.6. The van der Waals surface area contributed by atoms with Crippen molar-refractivity contribution >= 4 is 5.91 Å². The lowest BCUT2D eigenvalue weighted by molar-refractivity contribution is -0.138. The van der Waals surface area contributed by atoms with Gasteiger partial charge in [-0.05, 0) is 43.2 Å². The Morgan fingerprint density at radius 2 is 1.83 bits per heavy atom. The highest BCUT2D eigenvalue weighted by Gasteiger charge is 2.33. The molecule has 0 saturated carbocycles. The van der Waals surface area contributed by atoms with E-state index in [0.717, 1.165) is 11.8 Å². The summed E-state index contributed by atoms with van der Waals surface area (Å²) in [7, 11) is 0. The van der Waals surface area contributed by atoms with Crippen LogP contribution >= 0.6 is 0 Å². The van der Waals surface area contributed by atoms with E-state index in [1.54, 1.807) is 29.0 Å². The van der Waals surface area contributed by atoms with Crippen LogP contribution in [-0.4, -0.2) is 31.5 Å². The number of aromatic nitrogens is 3. The third kappa shape index (κ3) is 3.40. The van der Waals surface area contributed by atoms with Gasteiger partial charge in [-0.15, -0.1) is 0 Å². The Hall–Kier alpha value is -3.36. The molecule has 0 unspecified atom stereocenters. The number of alkyl halides is 3. The van der Waals surface area contributed by atoms with E-state index >= 15 is 0 Å². The van der Waals surface area contributed by atoms with Crippen LogP contribution in [0.4, 0.5) is 13.2 Å². The Bertz CT molecular complexity index is 1190. The number of benzene rings is 1. The van der Waals surface area contributed by atoms with Crippen molar-refractivity contribution in [1.82, 2.24) is 19.0 Å². The average Bonchev–Trinajstić information content (AvgIpc) is 3.11. The SMILES string of the molecule is Cc1cn(-c2ccc3n(c2=O)CCN(Cc2cccc(C(F)(F)F)c2C)C3=O)cn1. The van der Waals surface area contributed by atoms with Crippen molar-refractivity contribution in [2.45, 2.75) is 33.1 Å². The van der Waals surface area contributed by atoms with Crippen LogP contribution in [0.15, 0.2) is 47.7 Å². The summed E-state index contributed by atoms with van der Waals surface area (Å²) in [6.45, 7) is 3.76. The number of halogens is 3. The predicted octanol–water partition coefficient (Wildman–Crippen LogP) is 3.33. The fourth-order valence-corrected chi connectivity index (χ4v) is 3.73. The van der Waals surface area contributed by atoms with Gasteiger partial charge in [-0.25, -0.2) is 4.98 Å². The van der Waals surface area contributed by atoms with Gasteiger partial charge in [-0.1, -0.05) is 12.1 Å². The van der Waals surface area contributed by atoms with E-state index in [2.05, 4.69) is 4.98 Å². The van der Waals surface area contributed by atoms with Gasteiger partial charge in [0.1, 0.15) is 11.4 Å². The van der Waals surface area contributed by atoms with E-state index in [4.69, 9.17) is 0 Å². The summed E-state index contributed by atoms with van der Waals surface area (Å²) >= 11 is 0. The third-order valence-corrected chi connectivity index (χ3v) is 5.36. The van der Waals surface area contributed by atoms with Crippen molar-refractivity contribution in [3.05, 3.63) is 81.3 Å². The second-order valence-corrected chi connectivity index (χ2v) is 7.30. The fourth-order valence-electron chi connectivity index (χ4n) is 3.73. The Kier molecular flexibility index (Phi) is 4.76. The van der Waals surface area contributed by atoms with Crippen LogP contribution in [0, 0.1) is 13.8 Å². The summed E-state index contributed by atoms with van der Waals surface area (Å²) in [6.07, 6.45) is -1.20. The smallest absolute Gasteiger partial charge is 0.331 e. The number of nitrogens with zero attached hydrogens (tertiary/aromatic N) is 4. The van der Waals surface area contributed by atoms with Gasteiger partial charge in [0.2, 0.25) is 0 Å². The number of amides is 1. The molecule has 1 aliphatic heterocycles. The van der Waals surface area contributed by atoms with Crippen molar-refractivity contribution in [2.24, 2.45) is 0 Å². The van der Waals surface area contributed by atoms with Crippen LogP contribution in [-0.2, 0) is 19.3 Å². The predicted molar refractivity (Wildman–Crippen MR) is 103 cm³/mol. The average molecular weight is 416 g/mol. The third-order valence-electron chi connectivity index (χ3n) is 5.36. The summed E-state index contributed by atoms with van der Waals surface area (Å²) in [4.78, 5) is 31.4. The van der Waals surface area contributed by atoms with Crippen molar-refractivity contribution < 1.29 is 18.0 Å². The molecule has 3 aromatic rings. The minimum atomic E-state index is -4.45. The number of pyridine rings is 1. The molecule has 0 atom stereocenters. The zero-order valence-electron chi connectivity index (χ0n) is 16.4. The summed E-state index contributed by atoms with van der Waals surface area (Å²) in [5.41, 5.74) is 0.877. The maximum atomic E-state index is 13.2. The largest absolute Gasteiger partial charge is 0.416 e. The van der Waals surface area contributed by atoms with E-state index in [1.807, 2.05) is 6.92 Å². The number of carbonyl (C=O) groups excluding carboxylic acids is 1. The van der Waals surface area contributed by atoms with Crippen molar-refractivity contribution in [2.75, 3.05) is 6.54 Å². The van der Waals surface area contributed by atoms with Gasteiger partial charge in [0.15, 0.2) is 0 Å². The highest BCUT2D eigenvalue weighted by Crippen LogP contribution is 2.33. The fraction of sp³-hybridized carbons (Fsp3) is 0.286. The first kappa shape index (κ1) is 19.9. The van der Waals surface area contributed by atoms with E-state index < -0.39 is 11.7 Å². The molecular weight excluding hydrogens is 397 g/mol. The van der Waals surface area contributed by atoms with Gasteiger partial charge in [-0.3, -0.25) is 9.59 Å². The van der Waals surface area contributed by atoms with E-state index in [-0.39, 0.29) is 42.4 Å². The highest BCUT2D eigenvalue weighted by molar-refractivity contribution is 5.93. The molecule has 0 N–H and O–H groups in total. The minimum absolute atomic E-state index is 0.0469. The van der Waals surface area contributed by atoms with E-state index in [9.17, 15) is 22.8 Å². The quantitative estimate of drug-likeness (QED) is 0.658. The number of carbonyl (C=O) groups is 1. The molecule has 1 aromatic carbocycles. The molecule has 2 aromatic heterocycles. The van der Waals surface area contributed by atoms with Crippen molar-refractivity contribution in [1.29, 1.82) is 0 Å². The first-order valence-corrected chi connectivity index (χ1v) is 9.36. The normalized spacial score (nSPS) is 14.2. The summed E-state index contributed by atoms with van der Waals surface area (Å²) < 4.78 is 42.5. The van der Waals surface area contributed by atoms with Crippen molar-refractivity contribution in [3.8, 4) is 5.69 Å². The Labute approximate surface area is 170 Å². The van der Waals surface area contributed by atoms with Crippen LogP contribution in [0.5, 0.6) is 0 Å². The van der Waals surface area contributed by atoms with Gasteiger partial charge in [-0.2, -0.15) is 13.2 Å². The molecule has 156 valence electrons. The van der Waals surface area contributed by atoms with Gasteiger partial charge in [0.25, 0.3) is 11.5 Å². The van der Waals surface area contributed by atoms with Gasteiger partial charge in [0, 0.05) is 25.8 Å². The number of hydrogen-bond donors (Lipinski definition) is 0. The molecule has 30 heavy (non-hydrogen) atoms. The molecule has 0 bridgehead atoms. The summed E-state index contributed by atoms with van der Waals surface area (Å²) in [6, 6.07) is 7.10. The molecule has 0 spiro atoms. The minimum Gasteiger partial charge on any atom is -0.331 e. The standard InChI is InChI=1S/C21H19F3N4O2/c1-13-10-27(12-25-13)17-6-7-18-19(29)26(8-9-28(18)20(17)30)11-15-4-3-5-16(14(15)2)21(22,23)24/h3-7,10,12H,8-9,11H2,1-2H3. The van der Waals surface area contributed by atoms with Gasteiger partial charge >= 0.3 is 6.18 Å².